The first kappa shape index (κ1) is 44.2. The third kappa shape index (κ3) is 11.0. The summed E-state index contributed by atoms with van der Waals surface area (Å²) < 4.78 is 5.14. The smallest absolute Gasteiger partial charge is 0.313 e. The molecule has 0 amide bonds. The molecule has 0 bridgehead atoms. The molecule has 2 aromatic heterocycles. The third-order valence-electron chi connectivity index (χ3n) is 11.6. The molecule has 58 heavy (non-hydrogen) atoms. The van der Waals surface area contributed by atoms with E-state index in [0.29, 0.717) is 18.3 Å². The van der Waals surface area contributed by atoms with Crippen LogP contribution in [0.1, 0.15) is 131 Å². The number of methoxy groups -OCH3 is 1. The Bertz CT molecular complexity index is 1960. The van der Waals surface area contributed by atoms with Gasteiger partial charge in [-0.25, -0.2) is 19.9 Å². The van der Waals surface area contributed by atoms with E-state index in [1.807, 2.05) is 32.9 Å². The van der Waals surface area contributed by atoms with Gasteiger partial charge < -0.3 is 19.6 Å². The van der Waals surface area contributed by atoms with Crippen molar-refractivity contribution in [1.29, 1.82) is 0 Å². The Kier molecular flexibility index (Phi) is 15.8. The molecule has 10 nitrogen and oxygen atoms in total. The third-order valence-corrected chi connectivity index (χ3v) is 11.6. The molecule has 2 aliphatic rings. The van der Waals surface area contributed by atoms with E-state index in [9.17, 15) is 14.7 Å². The molecule has 4 aromatic rings. The molecule has 4 atom stereocenters. The Morgan fingerprint density at radius 1 is 0.672 bits per heavy atom. The average molecular weight is 791 g/mol. The van der Waals surface area contributed by atoms with Gasteiger partial charge in [-0.3, -0.25) is 9.59 Å². The summed E-state index contributed by atoms with van der Waals surface area (Å²) in [5.74, 6) is 0.733. The van der Waals surface area contributed by atoms with Crippen molar-refractivity contribution in [2.24, 2.45) is 11.8 Å². The molecule has 2 fully saturated rings. The second-order valence-corrected chi connectivity index (χ2v) is 16.8. The van der Waals surface area contributed by atoms with Gasteiger partial charge in [-0.1, -0.05) is 113 Å². The number of piperidine rings is 1. The summed E-state index contributed by atoms with van der Waals surface area (Å²) in [6.45, 7) is 20.6. The zero-order chi connectivity index (χ0) is 41.9. The summed E-state index contributed by atoms with van der Waals surface area (Å²) in [5, 5.41) is 9.92. The molecule has 2 aliphatic heterocycles. The van der Waals surface area contributed by atoms with E-state index >= 15 is 0 Å². The number of hydrogen-bond donors (Lipinski definition) is 1. The zero-order valence-electron chi connectivity index (χ0n) is 36.5. The molecular formula is C48H66N6O4. The maximum atomic E-state index is 12.6. The fourth-order valence-corrected chi connectivity index (χ4v) is 8.70. The first-order chi connectivity index (χ1) is 27.8. The first-order valence-electron chi connectivity index (χ1n) is 21.6. The molecule has 1 N–H and O–H groups in total. The highest BCUT2D eigenvalue weighted by molar-refractivity contribution is 5.83. The Morgan fingerprint density at radius 2 is 1.10 bits per heavy atom. The molecule has 0 aliphatic carbocycles. The number of esters is 1. The summed E-state index contributed by atoms with van der Waals surface area (Å²) >= 11 is 0. The lowest BCUT2D eigenvalue weighted by Crippen LogP contribution is -2.40. The minimum atomic E-state index is -0.806. The number of carboxylic acids is 1. The van der Waals surface area contributed by atoms with Gasteiger partial charge in [-0.15, -0.1) is 0 Å². The van der Waals surface area contributed by atoms with E-state index < -0.39 is 11.9 Å². The standard InChI is InChI=1S/2C24H33N3O2/c1-6-7-20(23(28)29)21-18(5)25-24(27-13-16(3)12-17(4)14-27)26-22(21)19-10-8-15(2)9-11-19;1-5-10-20(23(28)29-4)21-18(3)25-24(27-15-8-6-7-9-16-27)26-22(21)19-13-11-17(2)12-14-19/h8-11,16-17,20H,6-7,12-14H2,1-5H3,(H,28,29);11-14,20H,5-10,15-16H2,1-4H3. The number of aryl methyl sites for hydroxylation is 4. The molecular weight excluding hydrogens is 725 g/mol. The van der Waals surface area contributed by atoms with Crippen LogP contribution in [-0.4, -0.2) is 70.3 Å². The summed E-state index contributed by atoms with van der Waals surface area (Å²) in [5.41, 5.74) is 9.28. The monoisotopic (exact) mass is 791 g/mol. The summed E-state index contributed by atoms with van der Waals surface area (Å²) in [6, 6.07) is 16.5. The summed E-state index contributed by atoms with van der Waals surface area (Å²) in [4.78, 5) is 49.0. The second kappa shape index (κ2) is 20.7. The van der Waals surface area contributed by atoms with E-state index in [1.54, 1.807) is 0 Å². The van der Waals surface area contributed by atoms with Gasteiger partial charge in [0.2, 0.25) is 11.9 Å². The van der Waals surface area contributed by atoms with Crippen LogP contribution in [0.3, 0.4) is 0 Å². The molecule has 2 aromatic carbocycles. The Hall–Kier alpha value is -4.86. The number of hydrogen-bond acceptors (Lipinski definition) is 9. The van der Waals surface area contributed by atoms with Gasteiger partial charge >= 0.3 is 11.9 Å². The molecule has 0 radical (unpaired) electrons. The predicted octanol–water partition coefficient (Wildman–Crippen LogP) is 10.4. The fourth-order valence-electron chi connectivity index (χ4n) is 8.70. The number of carbonyl (C=O) groups is 2. The molecule has 0 saturated carbocycles. The van der Waals surface area contributed by atoms with Crippen molar-refractivity contribution in [3.05, 3.63) is 82.2 Å². The highest BCUT2D eigenvalue weighted by Crippen LogP contribution is 2.37. The Labute approximate surface area is 346 Å². The SMILES string of the molecule is CCCC(C(=O)O)c1c(C)nc(N2CC(C)CC(C)C2)nc1-c1ccc(C)cc1.CCCC(C(=O)OC)c1c(C)nc(N2CCCCCC2)nc1-c1ccc(C)cc1. The topological polar surface area (TPSA) is 122 Å². The normalized spacial score (nSPS) is 18.1. The van der Waals surface area contributed by atoms with Crippen molar-refractivity contribution >= 4 is 23.8 Å². The predicted molar refractivity (Wildman–Crippen MR) is 235 cm³/mol. The van der Waals surface area contributed by atoms with Gasteiger partial charge in [0.1, 0.15) is 0 Å². The summed E-state index contributed by atoms with van der Waals surface area (Å²) in [6.07, 6.45) is 9.07. The van der Waals surface area contributed by atoms with Gasteiger partial charge in [0.05, 0.1) is 30.3 Å². The van der Waals surface area contributed by atoms with E-state index in [1.165, 1.54) is 50.3 Å². The van der Waals surface area contributed by atoms with E-state index in [4.69, 9.17) is 24.7 Å². The van der Waals surface area contributed by atoms with Crippen molar-refractivity contribution in [3.8, 4) is 22.5 Å². The van der Waals surface area contributed by atoms with E-state index in [-0.39, 0.29) is 11.9 Å². The summed E-state index contributed by atoms with van der Waals surface area (Å²) in [7, 11) is 1.46. The first-order valence-corrected chi connectivity index (χ1v) is 21.6. The zero-order valence-corrected chi connectivity index (χ0v) is 36.5. The second-order valence-electron chi connectivity index (χ2n) is 16.8. The molecule has 4 unspecified atom stereocenters. The van der Waals surface area contributed by atoms with Gasteiger partial charge in [0, 0.05) is 59.8 Å². The number of nitrogens with zero attached hydrogens (tertiary/aromatic N) is 6. The Balaban J connectivity index is 0.000000221. The lowest BCUT2D eigenvalue weighted by Gasteiger charge is -2.35. The van der Waals surface area contributed by atoms with Gasteiger partial charge in [0.25, 0.3) is 0 Å². The van der Waals surface area contributed by atoms with Gasteiger partial charge in [-0.2, -0.15) is 0 Å². The molecule has 0 spiro atoms. The number of aliphatic carboxylic acids is 1. The number of benzene rings is 2. The van der Waals surface area contributed by atoms with E-state index in [2.05, 4.69) is 80.8 Å². The van der Waals surface area contributed by atoms with Crippen molar-refractivity contribution in [1.82, 2.24) is 19.9 Å². The van der Waals surface area contributed by atoms with Crippen molar-refractivity contribution in [3.63, 3.8) is 0 Å². The lowest BCUT2D eigenvalue weighted by molar-refractivity contribution is -0.142. The van der Waals surface area contributed by atoms with Gasteiger partial charge in [-0.05, 0) is 71.6 Å². The van der Waals surface area contributed by atoms with Crippen LogP contribution in [0.25, 0.3) is 22.5 Å². The Morgan fingerprint density at radius 3 is 1.53 bits per heavy atom. The number of carboxylic acid groups (broad SMARTS) is 1. The van der Waals surface area contributed by atoms with Gasteiger partial charge in [0.15, 0.2) is 0 Å². The van der Waals surface area contributed by atoms with Crippen LogP contribution in [-0.2, 0) is 14.3 Å². The van der Waals surface area contributed by atoms with Crippen LogP contribution >= 0.6 is 0 Å². The number of rotatable bonds is 12. The number of aromatic nitrogens is 4. The molecule has 312 valence electrons. The molecule has 10 heteroatoms. The quantitative estimate of drug-likeness (QED) is 0.139. The number of ether oxygens (including phenoxy) is 1. The van der Waals surface area contributed by atoms with Crippen molar-refractivity contribution < 1.29 is 19.4 Å². The van der Waals surface area contributed by atoms with Crippen LogP contribution in [0.2, 0.25) is 0 Å². The number of anilines is 2. The van der Waals surface area contributed by atoms with Crippen molar-refractivity contribution in [2.45, 2.75) is 125 Å². The van der Waals surface area contributed by atoms with Crippen LogP contribution < -0.4 is 9.80 Å². The fraction of sp³-hybridized carbons (Fsp3) is 0.542. The molecule has 4 heterocycles. The van der Waals surface area contributed by atoms with Crippen molar-refractivity contribution in [2.75, 3.05) is 43.1 Å². The molecule has 6 rings (SSSR count). The molecule has 2 saturated heterocycles. The average Bonchev–Trinajstić information content (AvgIpc) is 3.49. The van der Waals surface area contributed by atoms with Crippen LogP contribution in [0.4, 0.5) is 11.9 Å². The minimum Gasteiger partial charge on any atom is -0.481 e. The highest BCUT2D eigenvalue weighted by Gasteiger charge is 2.31. The van der Waals surface area contributed by atoms with Crippen LogP contribution in [0, 0.1) is 39.5 Å². The maximum Gasteiger partial charge on any atom is 0.313 e. The maximum absolute atomic E-state index is 12.6. The van der Waals surface area contributed by atoms with Crippen LogP contribution in [0.15, 0.2) is 48.5 Å². The highest BCUT2D eigenvalue weighted by atomic mass is 16.5. The largest absolute Gasteiger partial charge is 0.481 e. The van der Waals surface area contributed by atoms with Crippen LogP contribution in [0.5, 0.6) is 0 Å². The number of carbonyl (C=O) groups excluding carboxylic acids is 1. The minimum absolute atomic E-state index is 0.213. The lowest BCUT2D eigenvalue weighted by atomic mass is 9.89. The van der Waals surface area contributed by atoms with E-state index in [0.717, 1.165) is 102 Å².